The minimum absolute atomic E-state index is 0. The average Bonchev–Trinajstić information content (AvgIpc) is 2.96. The molecule has 0 aliphatic carbocycles. The van der Waals surface area contributed by atoms with Crippen molar-refractivity contribution in [2.24, 2.45) is 4.99 Å². The van der Waals surface area contributed by atoms with Crippen LogP contribution in [0.4, 0.5) is 0 Å². The Morgan fingerprint density at radius 2 is 1.95 bits per heavy atom. The quantitative estimate of drug-likeness (QED) is 0.263. The van der Waals surface area contributed by atoms with Crippen LogP contribution in [0.2, 0.25) is 0 Å². The zero-order valence-corrected chi connectivity index (χ0v) is 15.2. The third kappa shape index (κ3) is 10.5. The van der Waals surface area contributed by atoms with Gasteiger partial charge in [0.15, 0.2) is 5.96 Å². The zero-order chi connectivity index (χ0) is 14.5. The van der Waals surface area contributed by atoms with Crippen LogP contribution in [0.15, 0.2) is 17.6 Å². The van der Waals surface area contributed by atoms with Gasteiger partial charge < -0.3 is 19.9 Å². The second kappa shape index (κ2) is 14.1. The molecule has 0 aliphatic heterocycles. The number of rotatable bonds is 10. The molecule has 0 amide bonds. The van der Waals surface area contributed by atoms with Crippen LogP contribution < -0.4 is 10.6 Å². The van der Waals surface area contributed by atoms with Crippen molar-refractivity contribution >= 4 is 29.9 Å². The van der Waals surface area contributed by atoms with E-state index in [0.29, 0.717) is 0 Å². The molecule has 7 nitrogen and oxygen atoms in total. The van der Waals surface area contributed by atoms with Crippen LogP contribution in [0, 0.1) is 0 Å². The highest BCUT2D eigenvalue weighted by molar-refractivity contribution is 14.0. The van der Waals surface area contributed by atoms with Crippen LogP contribution in [0.1, 0.15) is 26.2 Å². The van der Waals surface area contributed by atoms with Crippen molar-refractivity contribution in [1.82, 2.24) is 25.4 Å². The molecule has 21 heavy (non-hydrogen) atoms. The Kier molecular flexibility index (Phi) is 13.5. The van der Waals surface area contributed by atoms with Gasteiger partial charge in [-0.25, -0.2) is 0 Å². The number of unbranched alkanes of at least 4 members (excludes halogenated alkanes) is 1. The predicted octanol–water partition coefficient (Wildman–Crippen LogP) is 1.27. The maximum atomic E-state index is 5.01. The standard InChI is InChI=1S/C13H26N6O.HI/c1-3-14-13(16-8-6-10-20-2)15-7-4-5-9-19-11-17-18-12-19;/h11-12H,3-10H2,1-2H3,(H2,14,15,16);1H. The van der Waals surface area contributed by atoms with E-state index in [1.165, 1.54) is 0 Å². The fraction of sp³-hybridized carbons (Fsp3) is 0.769. The smallest absolute Gasteiger partial charge is 0.191 e. The number of ether oxygens (including phenoxy) is 1. The summed E-state index contributed by atoms with van der Waals surface area (Å²) in [7, 11) is 1.71. The third-order valence-corrected chi connectivity index (χ3v) is 2.72. The van der Waals surface area contributed by atoms with Gasteiger partial charge in [0.05, 0.1) is 0 Å². The lowest BCUT2D eigenvalue weighted by molar-refractivity contribution is 0.197. The number of guanidine groups is 1. The van der Waals surface area contributed by atoms with Gasteiger partial charge in [0.1, 0.15) is 12.7 Å². The SMILES string of the molecule is CCNC(=NCCCOC)NCCCCn1cnnc1.I. The van der Waals surface area contributed by atoms with Gasteiger partial charge >= 0.3 is 0 Å². The van der Waals surface area contributed by atoms with Gasteiger partial charge in [0.25, 0.3) is 0 Å². The van der Waals surface area contributed by atoms with Gasteiger partial charge in [-0.1, -0.05) is 0 Å². The molecule has 1 aromatic rings. The molecule has 0 fully saturated rings. The Hall–Kier alpha value is -0.900. The second-order valence-electron chi connectivity index (χ2n) is 4.44. The summed E-state index contributed by atoms with van der Waals surface area (Å²) >= 11 is 0. The molecular weight excluding hydrogens is 383 g/mol. The van der Waals surface area contributed by atoms with Crippen molar-refractivity contribution < 1.29 is 4.74 Å². The highest BCUT2D eigenvalue weighted by Gasteiger charge is 1.97. The minimum atomic E-state index is 0. The minimum Gasteiger partial charge on any atom is -0.385 e. The molecule has 1 rings (SSSR count). The van der Waals surface area contributed by atoms with Crippen LogP contribution in [-0.2, 0) is 11.3 Å². The van der Waals surface area contributed by atoms with E-state index in [1.807, 2.05) is 4.57 Å². The van der Waals surface area contributed by atoms with E-state index in [9.17, 15) is 0 Å². The Morgan fingerprint density at radius 1 is 1.19 bits per heavy atom. The highest BCUT2D eigenvalue weighted by Crippen LogP contribution is 1.92. The lowest BCUT2D eigenvalue weighted by Crippen LogP contribution is -2.38. The van der Waals surface area contributed by atoms with Crippen molar-refractivity contribution in [2.75, 3.05) is 33.4 Å². The van der Waals surface area contributed by atoms with E-state index in [1.54, 1.807) is 19.8 Å². The van der Waals surface area contributed by atoms with Crippen molar-refractivity contribution in [3.63, 3.8) is 0 Å². The van der Waals surface area contributed by atoms with Gasteiger partial charge in [-0.3, -0.25) is 4.99 Å². The van der Waals surface area contributed by atoms with Gasteiger partial charge in [-0.2, -0.15) is 0 Å². The number of nitrogens with zero attached hydrogens (tertiary/aromatic N) is 4. The summed E-state index contributed by atoms with van der Waals surface area (Å²) < 4.78 is 7.00. The first-order valence-corrected chi connectivity index (χ1v) is 7.20. The molecule has 0 saturated heterocycles. The van der Waals surface area contributed by atoms with E-state index < -0.39 is 0 Å². The van der Waals surface area contributed by atoms with Crippen LogP contribution in [0.3, 0.4) is 0 Å². The van der Waals surface area contributed by atoms with Crippen molar-refractivity contribution in [1.29, 1.82) is 0 Å². The van der Waals surface area contributed by atoms with E-state index in [0.717, 1.165) is 58.0 Å². The molecule has 0 spiro atoms. The first-order chi connectivity index (χ1) is 9.86. The number of hydrogen-bond donors (Lipinski definition) is 2. The predicted molar refractivity (Wildman–Crippen MR) is 95.1 cm³/mol. The molecule has 0 aliphatic rings. The Balaban J connectivity index is 0.00000400. The summed E-state index contributed by atoms with van der Waals surface area (Å²) in [5, 5.41) is 14.1. The first-order valence-electron chi connectivity index (χ1n) is 7.20. The fourth-order valence-corrected chi connectivity index (χ4v) is 1.71. The van der Waals surface area contributed by atoms with E-state index in [4.69, 9.17) is 4.74 Å². The Morgan fingerprint density at radius 3 is 2.62 bits per heavy atom. The number of methoxy groups -OCH3 is 1. The monoisotopic (exact) mass is 410 g/mol. The molecule has 0 aromatic carbocycles. The van der Waals surface area contributed by atoms with Crippen molar-refractivity contribution in [2.45, 2.75) is 32.7 Å². The fourth-order valence-electron chi connectivity index (χ4n) is 1.71. The number of aryl methyl sites for hydroxylation is 1. The summed E-state index contributed by atoms with van der Waals surface area (Å²) in [5.74, 6) is 0.882. The normalized spacial score (nSPS) is 11.0. The van der Waals surface area contributed by atoms with Gasteiger partial charge in [0, 0.05) is 39.9 Å². The maximum absolute atomic E-state index is 5.01. The second-order valence-corrected chi connectivity index (χ2v) is 4.44. The zero-order valence-electron chi connectivity index (χ0n) is 12.9. The summed E-state index contributed by atoms with van der Waals surface area (Å²) in [4.78, 5) is 4.49. The summed E-state index contributed by atoms with van der Waals surface area (Å²) in [5.41, 5.74) is 0. The number of nitrogens with one attached hydrogen (secondary N) is 2. The van der Waals surface area contributed by atoms with Crippen LogP contribution in [0.25, 0.3) is 0 Å². The largest absolute Gasteiger partial charge is 0.385 e. The Labute approximate surface area is 144 Å². The third-order valence-electron chi connectivity index (χ3n) is 2.72. The first kappa shape index (κ1) is 20.1. The molecule has 0 saturated carbocycles. The number of hydrogen-bond acceptors (Lipinski definition) is 4. The molecule has 0 atom stereocenters. The molecule has 0 unspecified atom stereocenters. The highest BCUT2D eigenvalue weighted by atomic mass is 127. The number of aromatic nitrogens is 3. The molecule has 8 heteroatoms. The Bertz CT molecular complexity index is 358. The van der Waals surface area contributed by atoms with Crippen LogP contribution in [-0.4, -0.2) is 54.1 Å². The van der Waals surface area contributed by atoms with Crippen LogP contribution in [0.5, 0.6) is 0 Å². The number of halogens is 1. The summed E-state index contributed by atoms with van der Waals surface area (Å²) in [6.07, 6.45) is 6.61. The molecule has 0 radical (unpaired) electrons. The van der Waals surface area contributed by atoms with E-state index in [2.05, 4.69) is 32.7 Å². The van der Waals surface area contributed by atoms with Gasteiger partial charge in [0.2, 0.25) is 0 Å². The van der Waals surface area contributed by atoms with Crippen molar-refractivity contribution in [3.05, 3.63) is 12.7 Å². The van der Waals surface area contributed by atoms with Crippen LogP contribution >= 0.6 is 24.0 Å². The van der Waals surface area contributed by atoms with Crippen molar-refractivity contribution in [3.8, 4) is 0 Å². The summed E-state index contributed by atoms with van der Waals surface area (Å²) in [6.45, 7) is 6.34. The topological polar surface area (TPSA) is 76.4 Å². The maximum Gasteiger partial charge on any atom is 0.191 e. The summed E-state index contributed by atoms with van der Waals surface area (Å²) in [6, 6.07) is 0. The molecule has 1 heterocycles. The average molecular weight is 410 g/mol. The number of aliphatic imine (C=N–C) groups is 1. The molecule has 0 bridgehead atoms. The van der Waals surface area contributed by atoms with Gasteiger partial charge in [-0.05, 0) is 26.2 Å². The lowest BCUT2D eigenvalue weighted by atomic mass is 10.3. The molecule has 2 N–H and O–H groups in total. The van der Waals surface area contributed by atoms with Gasteiger partial charge in [-0.15, -0.1) is 34.2 Å². The molecule has 1 aromatic heterocycles. The van der Waals surface area contributed by atoms with E-state index >= 15 is 0 Å². The molecular formula is C13H27IN6O. The van der Waals surface area contributed by atoms with E-state index in [-0.39, 0.29) is 24.0 Å². The lowest BCUT2D eigenvalue weighted by Gasteiger charge is -2.11. The molecule has 122 valence electrons.